The molecule has 4 atom stereocenters. The van der Waals surface area contributed by atoms with Gasteiger partial charge in [-0.1, -0.05) is 72.3 Å². The van der Waals surface area contributed by atoms with E-state index in [1.54, 1.807) is 6.08 Å². The van der Waals surface area contributed by atoms with Crippen LogP contribution in [-0.2, 0) is 9.47 Å². The Kier molecular flexibility index (Phi) is 20.0. The summed E-state index contributed by atoms with van der Waals surface area (Å²) in [7, 11) is 6.32. The van der Waals surface area contributed by atoms with Gasteiger partial charge in [0, 0.05) is 17.6 Å². The maximum atomic E-state index is 10.5. The van der Waals surface area contributed by atoms with Crippen LogP contribution in [-0.4, -0.2) is 62.3 Å². The Labute approximate surface area is 300 Å². The summed E-state index contributed by atoms with van der Waals surface area (Å²) < 4.78 is 24.0. The fourth-order valence-electron chi connectivity index (χ4n) is 5.42. The summed E-state index contributed by atoms with van der Waals surface area (Å²) in [5.41, 5.74) is 0.567. The molecule has 0 heterocycles. The lowest BCUT2D eigenvalue weighted by Crippen LogP contribution is -2.38. The molecule has 0 aliphatic carbocycles. The SMILES string of the molecule is [B]C(CC)(CCCCCCOc1ccc(C=Nc2ccc(OCCCCCCC(C)(CC)OCC(C)C(C)(O)CC)cc2)cc1)OCC=C. The molecule has 6 nitrogen and oxygen atoms in total. The molecule has 0 aromatic heterocycles. The Morgan fingerprint density at radius 1 is 0.755 bits per heavy atom. The molecular formula is C42H66BNO5. The zero-order valence-electron chi connectivity index (χ0n) is 31.7. The first-order valence-corrected chi connectivity index (χ1v) is 18.9. The van der Waals surface area contributed by atoms with Gasteiger partial charge in [-0.2, -0.15) is 0 Å². The molecule has 0 saturated carbocycles. The van der Waals surface area contributed by atoms with Crippen LogP contribution in [0.3, 0.4) is 0 Å². The zero-order valence-corrected chi connectivity index (χ0v) is 31.7. The Balaban J connectivity index is 1.59. The van der Waals surface area contributed by atoms with Crippen LogP contribution in [0, 0.1) is 5.92 Å². The molecule has 4 unspecified atom stereocenters. The molecule has 0 saturated heterocycles. The summed E-state index contributed by atoms with van der Waals surface area (Å²) in [6, 6.07) is 16.0. The van der Waals surface area contributed by atoms with E-state index in [2.05, 4.69) is 39.3 Å². The van der Waals surface area contributed by atoms with Crippen molar-refractivity contribution in [3.05, 3.63) is 66.7 Å². The van der Waals surface area contributed by atoms with E-state index in [4.69, 9.17) is 26.8 Å². The number of aliphatic hydroxyl groups is 1. The van der Waals surface area contributed by atoms with Gasteiger partial charge in [-0.05, 0) is 113 Å². The highest BCUT2D eigenvalue weighted by Crippen LogP contribution is 2.28. The van der Waals surface area contributed by atoms with Gasteiger partial charge >= 0.3 is 0 Å². The maximum Gasteiger partial charge on any atom is 0.119 e. The van der Waals surface area contributed by atoms with Crippen molar-refractivity contribution in [2.45, 2.75) is 142 Å². The van der Waals surface area contributed by atoms with Crippen LogP contribution < -0.4 is 9.47 Å². The molecule has 0 fully saturated rings. The number of unbranched alkanes of at least 4 members (excludes halogenated alkanes) is 6. The van der Waals surface area contributed by atoms with Crippen LogP contribution in [0.2, 0.25) is 0 Å². The summed E-state index contributed by atoms with van der Waals surface area (Å²) in [6.07, 6.45) is 16.8. The van der Waals surface area contributed by atoms with Gasteiger partial charge in [-0.3, -0.25) is 4.99 Å². The summed E-state index contributed by atoms with van der Waals surface area (Å²) in [6.45, 7) is 18.7. The van der Waals surface area contributed by atoms with Crippen molar-refractivity contribution in [2.24, 2.45) is 10.9 Å². The standard InChI is InChI=1S/C42H66BNO5/c1-8-30-48-42(43,11-4)29-17-13-15-19-31-46-38-24-20-36(21-25-38)33-44-37-22-26-39(27-23-37)47-32-18-14-12-16-28-40(6,9-2)49-34-35(5)41(7,45)10-3/h8,20-27,33,35,45H,1,9-19,28-32,34H2,2-7H3. The minimum absolute atomic E-state index is 0.116. The zero-order chi connectivity index (χ0) is 36.0. The third-order valence-electron chi connectivity index (χ3n) is 10.0. The van der Waals surface area contributed by atoms with Gasteiger partial charge in [0.2, 0.25) is 0 Å². The molecule has 1 N–H and O–H groups in total. The highest BCUT2D eigenvalue weighted by molar-refractivity contribution is 6.14. The molecule has 2 aromatic rings. The van der Waals surface area contributed by atoms with E-state index in [1.807, 2.05) is 68.6 Å². The first-order valence-electron chi connectivity index (χ1n) is 18.9. The molecular weight excluding hydrogens is 609 g/mol. The van der Waals surface area contributed by atoms with Crippen molar-refractivity contribution in [3.8, 4) is 11.5 Å². The number of hydrogen-bond donors (Lipinski definition) is 1. The Morgan fingerprint density at radius 2 is 1.31 bits per heavy atom. The molecule has 0 aliphatic heterocycles. The highest BCUT2D eigenvalue weighted by atomic mass is 16.5. The van der Waals surface area contributed by atoms with Crippen molar-refractivity contribution in [1.29, 1.82) is 0 Å². The van der Waals surface area contributed by atoms with E-state index in [1.165, 1.54) is 0 Å². The van der Waals surface area contributed by atoms with Gasteiger partial charge in [-0.25, -0.2) is 0 Å². The van der Waals surface area contributed by atoms with Gasteiger partial charge in [0.05, 0.1) is 43.3 Å². The molecule has 0 amide bonds. The second kappa shape index (κ2) is 23.0. The lowest BCUT2D eigenvalue weighted by Gasteiger charge is -2.34. The largest absolute Gasteiger partial charge is 0.494 e. The van der Waals surface area contributed by atoms with Crippen molar-refractivity contribution >= 4 is 19.7 Å². The highest BCUT2D eigenvalue weighted by Gasteiger charge is 2.30. The Hall–Kier alpha value is -2.61. The van der Waals surface area contributed by atoms with Crippen LogP contribution in [0.5, 0.6) is 11.5 Å². The van der Waals surface area contributed by atoms with Crippen LogP contribution in [0.1, 0.15) is 131 Å². The number of hydrogen-bond acceptors (Lipinski definition) is 6. The average molecular weight is 676 g/mol. The van der Waals surface area contributed by atoms with Gasteiger partial charge < -0.3 is 24.1 Å². The molecule has 2 radical (unpaired) electrons. The summed E-state index contributed by atoms with van der Waals surface area (Å²) >= 11 is 0. The lowest BCUT2D eigenvalue weighted by molar-refractivity contribution is -0.0968. The van der Waals surface area contributed by atoms with Crippen LogP contribution >= 0.6 is 0 Å². The second-order valence-corrected chi connectivity index (χ2v) is 14.1. The van der Waals surface area contributed by atoms with Gasteiger partial charge in [0.1, 0.15) is 19.3 Å². The van der Waals surface area contributed by atoms with Gasteiger partial charge in [0.25, 0.3) is 0 Å². The number of aliphatic imine (C=N–C) groups is 1. The number of ether oxygens (including phenoxy) is 4. The topological polar surface area (TPSA) is 69.5 Å². The van der Waals surface area contributed by atoms with Crippen LogP contribution in [0.15, 0.2) is 66.2 Å². The van der Waals surface area contributed by atoms with Gasteiger partial charge in [0.15, 0.2) is 0 Å². The van der Waals surface area contributed by atoms with Crippen LogP contribution in [0.25, 0.3) is 0 Å². The molecule has 0 spiro atoms. The van der Waals surface area contributed by atoms with Crippen LogP contribution in [0.4, 0.5) is 5.69 Å². The first kappa shape index (κ1) is 42.6. The molecule has 2 rings (SSSR count). The average Bonchev–Trinajstić information content (AvgIpc) is 3.12. The van der Waals surface area contributed by atoms with E-state index < -0.39 is 11.1 Å². The summed E-state index contributed by atoms with van der Waals surface area (Å²) in [4.78, 5) is 4.62. The quantitative estimate of drug-likeness (QED) is 0.0421. The lowest BCUT2D eigenvalue weighted by atomic mass is 9.75. The maximum absolute atomic E-state index is 10.5. The molecule has 0 aliphatic rings. The molecule has 0 bridgehead atoms. The number of rotatable bonds is 28. The minimum atomic E-state index is -0.677. The van der Waals surface area contributed by atoms with Gasteiger partial charge in [-0.15, -0.1) is 6.58 Å². The molecule has 7 heteroatoms. The summed E-state index contributed by atoms with van der Waals surface area (Å²) in [5, 5.41) is 10.5. The molecule has 49 heavy (non-hydrogen) atoms. The third-order valence-corrected chi connectivity index (χ3v) is 10.0. The third kappa shape index (κ3) is 17.3. The normalized spacial score (nSPS) is 16.1. The van der Waals surface area contributed by atoms with E-state index in [0.29, 0.717) is 26.4 Å². The smallest absolute Gasteiger partial charge is 0.119 e. The van der Waals surface area contributed by atoms with Crippen molar-refractivity contribution in [3.63, 3.8) is 0 Å². The van der Waals surface area contributed by atoms with E-state index in [0.717, 1.165) is 106 Å². The first-order chi connectivity index (χ1) is 23.5. The number of nitrogens with zero attached hydrogens (tertiary/aromatic N) is 1. The Bertz CT molecular complexity index is 1180. The number of benzene rings is 2. The van der Waals surface area contributed by atoms with Crippen molar-refractivity contribution < 1.29 is 24.1 Å². The molecule has 2 aromatic carbocycles. The monoisotopic (exact) mass is 676 g/mol. The fraction of sp³-hybridized carbons (Fsp3) is 0.643. The predicted octanol–water partition coefficient (Wildman–Crippen LogP) is 10.6. The summed E-state index contributed by atoms with van der Waals surface area (Å²) in [5.74, 6) is 1.86. The Morgan fingerprint density at radius 3 is 1.84 bits per heavy atom. The van der Waals surface area contributed by atoms with E-state index >= 15 is 0 Å². The predicted molar refractivity (Wildman–Crippen MR) is 207 cm³/mol. The second-order valence-electron chi connectivity index (χ2n) is 14.1. The molecule has 272 valence electrons. The van der Waals surface area contributed by atoms with E-state index in [-0.39, 0.29) is 11.5 Å². The van der Waals surface area contributed by atoms with Crippen molar-refractivity contribution in [2.75, 3.05) is 26.4 Å². The fourth-order valence-corrected chi connectivity index (χ4v) is 5.42. The minimum Gasteiger partial charge on any atom is -0.494 e. The van der Waals surface area contributed by atoms with E-state index in [9.17, 15) is 5.11 Å². The van der Waals surface area contributed by atoms with Crippen molar-refractivity contribution in [1.82, 2.24) is 0 Å².